The van der Waals surface area contributed by atoms with Crippen LogP contribution in [0.15, 0.2) is 24.3 Å². The molecule has 2 rings (SSSR count). The zero-order chi connectivity index (χ0) is 23.5. The standard InChI is InChI=1S/C25H34FNO3S/c1-9-30-22(28)14-21(27-31(29)25(6,7)8)20-13-19(12-18(5)24(20)26)23-16(3)10-15(2)11-17(23)4/h10-13,21,27H,9,14H2,1-8H3/t21-,31?/m0/s1. The summed E-state index contributed by atoms with van der Waals surface area (Å²) < 4.78 is 35.6. The van der Waals surface area contributed by atoms with Gasteiger partial charge >= 0.3 is 5.97 Å². The number of halogens is 1. The fourth-order valence-corrected chi connectivity index (χ4v) is 4.56. The number of aryl methyl sites for hydroxylation is 4. The zero-order valence-corrected chi connectivity index (χ0v) is 20.6. The van der Waals surface area contributed by atoms with Crippen molar-refractivity contribution in [3.8, 4) is 11.1 Å². The lowest BCUT2D eigenvalue weighted by Crippen LogP contribution is -2.37. The molecule has 0 aliphatic carbocycles. The van der Waals surface area contributed by atoms with Crippen molar-refractivity contribution in [3.63, 3.8) is 0 Å². The van der Waals surface area contributed by atoms with Crippen molar-refractivity contribution in [2.45, 2.75) is 72.6 Å². The van der Waals surface area contributed by atoms with Crippen molar-refractivity contribution in [2.75, 3.05) is 6.61 Å². The highest BCUT2D eigenvalue weighted by Gasteiger charge is 2.28. The third-order valence-electron chi connectivity index (χ3n) is 5.11. The van der Waals surface area contributed by atoms with Gasteiger partial charge in [0, 0.05) is 5.56 Å². The molecule has 0 saturated carbocycles. The van der Waals surface area contributed by atoms with Gasteiger partial charge < -0.3 is 4.74 Å². The Bertz CT molecular complexity index is 972. The molecule has 2 aromatic carbocycles. The van der Waals surface area contributed by atoms with Crippen molar-refractivity contribution in [3.05, 3.63) is 57.9 Å². The van der Waals surface area contributed by atoms with Crippen LogP contribution in [0.3, 0.4) is 0 Å². The molecule has 0 saturated heterocycles. The van der Waals surface area contributed by atoms with Crippen molar-refractivity contribution < 1.29 is 18.1 Å². The second-order valence-electron chi connectivity index (χ2n) is 9.03. The molecule has 1 N–H and O–H groups in total. The van der Waals surface area contributed by atoms with Gasteiger partial charge in [0.1, 0.15) is 5.82 Å². The number of ether oxygens (including phenoxy) is 1. The van der Waals surface area contributed by atoms with Crippen molar-refractivity contribution in [1.82, 2.24) is 4.72 Å². The minimum absolute atomic E-state index is 0.110. The first kappa shape index (κ1) is 25.2. The molecule has 0 aliphatic heterocycles. The van der Waals surface area contributed by atoms with Crippen LogP contribution in [-0.2, 0) is 20.5 Å². The monoisotopic (exact) mass is 447 g/mol. The molecule has 0 heterocycles. The molecule has 170 valence electrons. The summed E-state index contributed by atoms with van der Waals surface area (Å²) in [6.45, 7) is 15.3. The minimum atomic E-state index is -1.49. The highest BCUT2D eigenvalue weighted by atomic mass is 32.2. The van der Waals surface area contributed by atoms with Gasteiger partial charge in [-0.15, -0.1) is 0 Å². The first-order valence-electron chi connectivity index (χ1n) is 10.6. The highest BCUT2D eigenvalue weighted by molar-refractivity contribution is 7.84. The molecule has 0 spiro atoms. The molecule has 0 amide bonds. The average molecular weight is 448 g/mol. The van der Waals surface area contributed by atoms with E-state index in [-0.39, 0.29) is 13.0 Å². The van der Waals surface area contributed by atoms with E-state index in [1.807, 2.05) is 47.6 Å². The second-order valence-corrected chi connectivity index (χ2v) is 11.0. The van der Waals surface area contributed by atoms with E-state index in [0.29, 0.717) is 11.1 Å². The van der Waals surface area contributed by atoms with Gasteiger partial charge in [-0.25, -0.2) is 13.3 Å². The molecular weight excluding hydrogens is 413 g/mol. The Morgan fingerprint density at radius 3 is 2.16 bits per heavy atom. The molecule has 0 aromatic heterocycles. The topological polar surface area (TPSA) is 55.4 Å². The summed E-state index contributed by atoms with van der Waals surface area (Å²) in [5.74, 6) is -0.866. The van der Waals surface area contributed by atoms with Crippen LogP contribution in [0.25, 0.3) is 11.1 Å². The van der Waals surface area contributed by atoms with Crippen molar-refractivity contribution in [1.29, 1.82) is 0 Å². The van der Waals surface area contributed by atoms with Crippen LogP contribution in [0.1, 0.15) is 68.0 Å². The lowest BCUT2D eigenvalue weighted by atomic mass is 9.90. The quantitative estimate of drug-likeness (QED) is 0.548. The Kier molecular flexibility index (Phi) is 8.17. The van der Waals surface area contributed by atoms with Crippen LogP contribution in [0.4, 0.5) is 4.39 Å². The number of hydrogen-bond donors (Lipinski definition) is 1. The molecule has 2 aromatic rings. The number of carbonyl (C=O) groups excluding carboxylic acids is 1. The van der Waals surface area contributed by atoms with Gasteiger partial charge in [0.15, 0.2) is 0 Å². The average Bonchev–Trinajstić information content (AvgIpc) is 2.62. The summed E-state index contributed by atoms with van der Waals surface area (Å²) in [5, 5.41) is 0. The van der Waals surface area contributed by atoms with Crippen LogP contribution in [0.2, 0.25) is 0 Å². The normalized spacial score (nSPS) is 13.7. The SMILES string of the molecule is CCOC(=O)C[C@H](NS(=O)C(C)(C)C)c1cc(-c2c(C)cc(C)cc2C)cc(C)c1F. The summed E-state index contributed by atoms with van der Waals surface area (Å²) in [5.41, 5.74) is 6.08. The molecular formula is C25H34FNO3S. The Balaban J connectivity index is 2.62. The number of benzene rings is 2. The fourth-order valence-electron chi connectivity index (χ4n) is 3.74. The number of esters is 1. The van der Waals surface area contributed by atoms with Crippen molar-refractivity contribution >= 4 is 17.0 Å². The molecule has 4 nitrogen and oxygen atoms in total. The van der Waals surface area contributed by atoms with E-state index in [9.17, 15) is 9.00 Å². The predicted molar refractivity (Wildman–Crippen MR) is 126 cm³/mol. The van der Waals surface area contributed by atoms with E-state index in [1.54, 1.807) is 19.9 Å². The maximum Gasteiger partial charge on any atom is 0.307 e. The predicted octanol–water partition coefficient (Wildman–Crippen LogP) is 5.77. The van der Waals surface area contributed by atoms with Gasteiger partial charge in [0.05, 0.1) is 34.8 Å². The third-order valence-corrected chi connectivity index (χ3v) is 6.72. The maximum absolute atomic E-state index is 15.3. The Morgan fingerprint density at radius 1 is 1.06 bits per heavy atom. The zero-order valence-electron chi connectivity index (χ0n) is 19.8. The lowest BCUT2D eigenvalue weighted by molar-refractivity contribution is -0.143. The van der Waals surface area contributed by atoms with Crippen LogP contribution >= 0.6 is 0 Å². The van der Waals surface area contributed by atoms with E-state index < -0.39 is 33.6 Å². The molecule has 0 bridgehead atoms. The molecule has 6 heteroatoms. The molecule has 0 radical (unpaired) electrons. The first-order valence-corrected chi connectivity index (χ1v) is 11.7. The highest BCUT2D eigenvalue weighted by Crippen LogP contribution is 2.34. The van der Waals surface area contributed by atoms with Crippen LogP contribution in [0.5, 0.6) is 0 Å². The Morgan fingerprint density at radius 2 is 1.65 bits per heavy atom. The Labute approximate surface area is 188 Å². The summed E-state index contributed by atoms with van der Waals surface area (Å²) in [6, 6.07) is 7.02. The van der Waals surface area contributed by atoms with E-state index in [0.717, 1.165) is 22.3 Å². The third kappa shape index (κ3) is 6.23. The fraction of sp³-hybridized carbons (Fsp3) is 0.480. The number of nitrogens with one attached hydrogen (secondary N) is 1. The molecule has 1 unspecified atom stereocenters. The largest absolute Gasteiger partial charge is 0.466 e. The molecule has 0 aliphatic rings. The number of rotatable bonds is 7. The van der Waals surface area contributed by atoms with E-state index in [4.69, 9.17) is 4.74 Å². The van der Waals surface area contributed by atoms with Crippen LogP contribution < -0.4 is 4.72 Å². The molecule has 2 atom stereocenters. The van der Waals surface area contributed by atoms with Gasteiger partial charge in [-0.3, -0.25) is 4.79 Å². The van der Waals surface area contributed by atoms with Gasteiger partial charge in [0.25, 0.3) is 0 Å². The van der Waals surface area contributed by atoms with E-state index in [1.165, 1.54) is 5.56 Å². The lowest BCUT2D eigenvalue weighted by Gasteiger charge is -2.25. The minimum Gasteiger partial charge on any atom is -0.466 e. The number of carbonyl (C=O) groups is 1. The smallest absolute Gasteiger partial charge is 0.307 e. The van der Waals surface area contributed by atoms with Gasteiger partial charge in [-0.05, 0) is 95.3 Å². The van der Waals surface area contributed by atoms with E-state index in [2.05, 4.69) is 16.9 Å². The van der Waals surface area contributed by atoms with E-state index >= 15 is 4.39 Å². The van der Waals surface area contributed by atoms with Crippen molar-refractivity contribution in [2.24, 2.45) is 0 Å². The molecule has 31 heavy (non-hydrogen) atoms. The summed E-state index contributed by atoms with van der Waals surface area (Å²) >= 11 is 0. The van der Waals surface area contributed by atoms with Gasteiger partial charge in [-0.1, -0.05) is 17.7 Å². The summed E-state index contributed by atoms with van der Waals surface area (Å²) in [6.07, 6.45) is -0.110. The van der Waals surface area contributed by atoms with Crippen LogP contribution in [0, 0.1) is 33.5 Å². The second kappa shape index (κ2) is 10.0. The van der Waals surface area contributed by atoms with Gasteiger partial charge in [0.2, 0.25) is 0 Å². The first-order chi connectivity index (χ1) is 14.3. The van der Waals surface area contributed by atoms with Gasteiger partial charge in [-0.2, -0.15) is 0 Å². The summed E-state index contributed by atoms with van der Waals surface area (Å²) in [7, 11) is -1.49. The summed E-state index contributed by atoms with van der Waals surface area (Å²) in [4.78, 5) is 12.3. The Hall–Kier alpha value is -2.05. The maximum atomic E-state index is 15.3. The number of hydrogen-bond acceptors (Lipinski definition) is 3. The molecule has 0 fully saturated rings. The van der Waals surface area contributed by atoms with Crippen LogP contribution in [-0.4, -0.2) is 21.5 Å².